The van der Waals surface area contributed by atoms with Gasteiger partial charge in [0.05, 0.1) is 15.4 Å². The topological polar surface area (TPSA) is 161 Å². The Hall–Kier alpha value is -4.27. The molecule has 2 N–H and O–H groups in total. The standard InChI is InChI=1S/C19H10BrF3N4O7/c20-11-3-6-14(34-15-5-2-10(19(21,22)23)8-13(15)26(30)31)9(7-11)1-4-12-16(27(32)33)17(28)25-18(29)24-12/h1-8H,(H2,24,25,28,29)/b4-1-. The largest absolute Gasteiger partial charge is 0.449 e. The zero-order valence-corrected chi connectivity index (χ0v) is 18.0. The van der Waals surface area contributed by atoms with Crippen LogP contribution < -0.4 is 16.0 Å². The number of aromatic nitrogens is 2. The summed E-state index contributed by atoms with van der Waals surface area (Å²) in [6.45, 7) is 0. The first kappa shape index (κ1) is 24.4. The van der Waals surface area contributed by atoms with E-state index in [4.69, 9.17) is 4.74 Å². The van der Waals surface area contributed by atoms with E-state index in [1.54, 1.807) is 4.98 Å². The fraction of sp³-hybridized carbons (Fsp3) is 0.0526. The zero-order valence-electron chi connectivity index (χ0n) is 16.4. The second kappa shape index (κ2) is 9.30. The molecule has 0 amide bonds. The third kappa shape index (κ3) is 5.37. The van der Waals surface area contributed by atoms with Crippen LogP contribution in [0.2, 0.25) is 0 Å². The lowest BCUT2D eigenvalue weighted by Gasteiger charge is -2.12. The second-order valence-corrected chi connectivity index (χ2v) is 7.40. The van der Waals surface area contributed by atoms with E-state index in [9.17, 15) is 43.0 Å². The molecule has 0 saturated carbocycles. The second-order valence-electron chi connectivity index (χ2n) is 6.48. The van der Waals surface area contributed by atoms with Crippen LogP contribution in [0.1, 0.15) is 16.8 Å². The van der Waals surface area contributed by atoms with E-state index >= 15 is 0 Å². The summed E-state index contributed by atoms with van der Waals surface area (Å²) in [5.41, 5.74) is -5.65. The van der Waals surface area contributed by atoms with Gasteiger partial charge in [-0.25, -0.2) is 4.79 Å². The third-order valence-electron chi connectivity index (χ3n) is 4.23. The summed E-state index contributed by atoms with van der Waals surface area (Å²) >= 11 is 3.19. The molecule has 2 aromatic carbocycles. The molecule has 1 aromatic heterocycles. The molecule has 3 aromatic rings. The van der Waals surface area contributed by atoms with E-state index in [0.717, 1.165) is 12.1 Å². The number of aromatic amines is 2. The molecule has 34 heavy (non-hydrogen) atoms. The van der Waals surface area contributed by atoms with E-state index in [-0.39, 0.29) is 11.3 Å². The Balaban J connectivity index is 2.08. The molecule has 11 nitrogen and oxygen atoms in total. The summed E-state index contributed by atoms with van der Waals surface area (Å²) in [5, 5.41) is 22.5. The summed E-state index contributed by atoms with van der Waals surface area (Å²) < 4.78 is 44.8. The molecule has 0 bridgehead atoms. The van der Waals surface area contributed by atoms with Gasteiger partial charge in [0.1, 0.15) is 11.4 Å². The molecule has 0 aliphatic heterocycles. The minimum atomic E-state index is -4.81. The Morgan fingerprint density at radius 3 is 2.24 bits per heavy atom. The van der Waals surface area contributed by atoms with Crippen LogP contribution in [-0.2, 0) is 6.18 Å². The molecule has 0 atom stereocenters. The van der Waals surface area contributed by atoms with E-state index in [0.29, 0.717) is 16.6 Å². The molecule has 1 heterocycles. The van der Waals surface area contributed by atoms with Gasteiger partial charge in [-0.1, -0.05) is 15.9 Å². The van der Waals surface area contributed by atoms with Gasteiger partial charge in [0.25, 0.3) is 0 Å². The molecule has 0 radical (unpaired) electrons. The van der Waals surface area contributed by atoms with Gasteiger partial charge in [0.15, 0.2) is 0 Å². The van der Waals surface area contributed by atoms with Crippen LogP contribution in [0, 0.1) is 20.2 Å². The number of nitrogens with zero attached hydrogens (tertiary/aromatic N) is 2. The van der Waals surface area contributed by atoms with Crippen LogP contribution in [0.5, 0.6) is 11.5 Å². The van der Waals surface area contributed by atoms with Gasteiger partial charge in [-0.05, 0) is 42.5 Å². The Morgan fingerprint density at radius 1 is 0.941 bits per heavy atom. The lowest BCUT2D eigenvalue weighted by Crippen LogP contribution is -2.25. The van der Waals surface area contributed by atoms with Gasteiger partial charge in [-0.2, -0.15) is 13.2 Å². The highest BCUT2D eigenvalue weighted by Gasteiger charge is 2.33. The van der Waals surface area contributed by atoms with Gasteiger partial charge >= 0.3 is 28.8 Å². The number of rotatable bonds is 6. The van der Waals surface area contributed by atoms with Crippen LogP contribution in [0.4, 0.5) is 24.5 Å². The first-order valence-electron chi connectivity index (χ1n) is 8.89. The number of nitro groups is 2. The number of alkyl halides is 3. The Kier molecular flexibility index (Phi) is 6.67. The minimum Gasteiger partial charge on any atom is -0.449 e. The van der Waals surface area contributed by atoms with Crippen molar-refractivity contribution in [2.45, 2.75) is 6.18 Å². The maximum absolute atomic E-state index is 12.9. The summed E-state index contributed by atoms with van der Waals surface area (Å²) in [5.74, 6) is -0.567. The predicted molar refractivity (Wildman–Crippen MR) is 116 cm³/mol. The quantitative estimate of drug-likeness (QED) is 0.339. The molecule has 0 aliphatic carbocycles. The number of hydrogen-bond donors (Lipinski definition) is 2. The highest BCUT2D eigenvalue weighted by molar-refractivity contribution is 9.10. The van der Waals surface area contributed by atoms with Crippen molar-refractivity contribution in [2.75, 3.05) is 0 Å². The molecule has 176 valence electrons. The van der Waals surface area contributed by atoms with Gasteiger partial charge < -0.3 is 9.72 Å². The van der Waals surface area contributed by atoms with Crippen molar-refractivity contribution in [1.29, 1.82) is 0 Å². The summed E-state index contributed by atoms with van der Waals surface area (Å²) in [7, 11) is 0. The molecule has 0 unspecified atom stereocenters. The molecule has 0 spiro atoms. The Bertz CT molecular complexity index is 1450. The van der Waals surface area contributed by atoms with Crippen LogP contribution in [0.3, 0.4) is 0 Å². The summed E-state index contributed by atoms with van der Waals surface area (Å²) in [4.78, 5) is 47.6. The first-order chi connectivity index (χ1) is 15.9. The van der Waals surface area contributed by atoms with E-state index in [1.165, 1.54) is 24.3 Å². The van der Waals surface area contributed by atoms with Gasteiger partial charge in [-0.15, -0.1) is 0 Å². The maximum atomic E-state index is 12.9. The van der Waals surface area contributed by atoms with Gasteiger partial charge in [0.2, 0.25) is 5.75 Å². The predicted octanol–water partition coefficient (Wildman–Crippen LogP) is 4.62. The summed E-state index contributed by atoms with van der Waals surface area (Å²) in [6, 6.07) is 5.96. The lowest BCUT2D eigenvalue weighted by atomic mass is 10.1. The monoisotopic (exact) mass is 542 g/mol. The molecule has 0 aliphatic rings. The zero-order chi connectivity index (χ0) is 25.2. The first-order valence-corrected chi connectivity index (χ1v) is 9.68. The molecule has 0 fully saturated rings. The number of nitro benzene ring substituents is 1. The molecular formula is C19H10BrF3N4O7. The van der Waals surface area contributed by atoms with E-state index < -0.39 is 55.7 Å². The van der Waals surface area contributed by atoms with E-state index in [2.05, 4.69) is 20.9 Å². The maximum Gasteiger partial charge on any atom is 0.416 e. The minimum absolute atomic E-state index is 0.0721. The van der Waals surface area contributed by atoms with Crippen molar-refractivity contribution in [1.82, 2.24) is 9.97 Å². The van der Waals surface area contributed by atoms with Crippen molar-refractivity contribution in [3.8, 4) is 11.5 Å². The highest BCUT2D eigenvalue weighted by atomic mass is 79.9. The van der Waals surface area contributed by atoms with Crippen LogP contribution >= 0.6 is 15.9 Å². The van der Waals surface area contributed by atoms with E-state index in [1.807, 2.05) is 0 Å². The molecule has 3 rings (SSSR count). The van der Waals surface area contributed by atoms with Crippen LogP contribution in [-0.4, -0.2) is 19.8 Å². The van der Waals surface area contributed by atoms with Crippen LogP contribution in [0.15, 0.2) is 50.5 Å². The fourth-order valence-corrected chi connectivity index (χ4v) is 3.13. The van der Waals surface area contributed by atoms with Crippen molar-refractivity contribution in [3.05, 3.63) is 98.8 Å². The SMILES string of the molecule is O=c1[nH]c(/C=C\c2cc(Br)ccc2Oc2ccc(C(F)(F)F)cc2[N+](=O)[O-])c([N+](=O)[O-])c(=O)[nH]1. The fourth-order valence-electron chi connectivity index (χ4n) is 2.76. The van der Waals surface area contributed by atoms with Crippen molar-refractivity contribution < 1.29 is 27.8 Å². The van der Waals surface area contributed by atoms with Crippen molar-refractivity contribution >= 4 is 39.5 Å². The van der Waals surface area contributed by atoms with Gasteiger partial charge in [0, 0.05) is 16.1 Å². The smallest absolute Gasteiger partial charge is 0.416 e. The lowest BCUT2D eigenvalue weighted by molar-refractivity contribution is -0.386. The van der Waals surface area contributed by atoms with Crippen molar-refractivity contribution in [3.63, 3.8) is 0 Å². The number of halogens is 4. The van der Waals surface area contributed by atoms with Gasteiger partial charge in [-0.3, -0.25) is 30.0 Å². The third-order valence-corrected chi connectivity index (χ3v) is 4.73. The molecule has 15 heteroatoms. The number of nitrogens with one attached hydrogen (secondary N) is 2. The average Bonchev–Trinajstić information content (AvgIpc) is 2.72. The average molecular weight is 543 g/mol. The Morgan fingerprint density at radius 2 is 1.62 bits per heavy atom. The molecule has 0 saturated heterocycles. The summed E-state index contributed by atoms with van der Waals surface area (Å²) in [6.07, 6.45) is -2.58. The Labute approximate surface area is 193 Å². The van der Waals surface area contributed by atoms with Crippen LogP contribution in [0.25, 0.3) is 12.2 Å². The normalized spacial score (nSPS) is 11.5. The number of H-pyrrole nitrogens is 2. The highest BCUT2D eigenvalue weighted by Crippen LogP contribution is 2.39. The molecular weight excluding hydrogens is 533 g/mol. The number of ether oxygens (including phenoxy) is 1. The number of benzene rings is 2. The van der Waals surface area contributed by atoms with Crippen molar-refractivity contribution in [2.24, 2.45) is 0 Å². The number of hydrogen-bond acceptors (Lipinski definition) is 7.